The molecule has 2 heterocycles. The molecule has 0 fully saturated rings. The van der Waals surface area contributed by atoms with Crippen molar-refractivity contribution in [1.82, 2.24) is 14.6 Å². The Balaban J connectivity index is 1.73. The molecule has 1 unspecified atom stereocenters. The van der Waals surface area contributed by atoms with Crippen LogP contribution in [0.25, 0.3) is 5.65 Å². The van der Waals surface area contributed by atoms with Crippen molar-refractivity contribution in [2.75, 3.05) is 5.32 Å². The van der Waals surface area contributed by atoms with Gasteiger partial charge in [0.1, 0.15) is 0 Å². The maximum Gasteiger partial charge on any atom is 0.238 e. The SMILES string of the molecule is CC(Sc1nnc2ccccn12)C(=O)Nc1cccc(S(N)(=O)=O)c1. The minimum Gasteiger partial charge on any atom is -0.325 e. The molecule has 0 spiro atoms. The van der Waals surface area contributed by atoms with Crippen LogP contribution in [0.15, 0.2) is 58.7 Å². The first-order valence-corrected chi connectivity index (χ1v) is 9.67. The molecule has 0 bridgehead atoms. The topological polar surface area (TPSA) is 119 Å². The summed E-state index contributed by atoms with van der Waals surface area (Å²) < 4.78 is 24.6. The predicted octanol–water partition coefficient (Wildman–Crippen LogP) is 1.50. The zero-order chi connectivity index (χ0) is 18.0. The molecule has 130 valence electrons. The van der Waals surface area contributed by atoms with E-state index in [2.05, 4.69) is 15.5 Å². The van der Waals surface area contributed by atoms with Crippen molar-refractivity contribution in [3.8, 4) is 0 Å². The Kier molecular flexibility index (Phi) is 4.75. The number of primary sulfonamides is 1. The van der Waals surface area contributed by atoms with E-state index in [1.165, 1.54) is 30.0 Å². The molecule has 0 aliphatic carbocycles. The van der Waals surface area contributed by atoms with Crippen molar-refractivity contribution < 1.29 is 13.2 Å². The summed E-state index contributed by atoms with van der Waals surface area (Å²) in [5, 5.41) is 16.0. The van der Waals surface area contributed by atoms with Crippen LogP contribution in [0.2, 0.25) is 0 Å². The van der Waals surface area contributed by atoms with Gasteiger partial charge in [-0.1, -0.05) is 23.9 Å². The molecule has 0 radical (unpaired) electrons. The summed E-state index contributed by atoms with van der Waals surface area (Å²) in [5.74, 6) is -0.288. The van der Waals surface area contributed by atoms with E-state index in [-0.39, 0.29) is 10.8 Å². The normalized spacial score (nSPS) is 12.9. The number of fused-ring (bicyclic) bond motifs is 1. The van der Waals surface area contributed by atoms with Gasteiger partial charge in [-0.3, -0.25) is 9.20 Å². The number of thioether (sulfide) groups is 1. The number of hydrogen-bond acceptors (Lipinski definition) is 6. The number of carbonyl (C=O) groups excluding carboxylic acids is 1. The van der Waals surface area contributed by atoms with Crippen LogP contribution in [0.3, 0.4) is 0 Å². The van der Waals surface area contributed by atoms with Crippen LogP contribution in [0.5, 0.6) is 0 Å². The lowest BCUT2D eigenvalue weighted by molar-refractivity contribution is -0.115. The highest BCUT2D eigenvalue weighted by Crippen LogP contribution is 2.23. The lowest BCUT2D eigenvalue weighted by Crippen LogP contribution is -2.23. The van der Waals surface area contributed by atoms with E-state index >= 15 is 0 Å². The fourth-order valence-electron chi connectivity index (χ4n) is 2.11. The Morgan fingerprint density at radius 2 is 2.04 bits per heavy atom. The van der Waals surface area contributed by atoms with Gasteiger partial charge in [-0.05, 0) is 37.3 Å². The average Bonchev–Trinajstić information content (AvgIpc) is 2.97. The molecule has 3 rings (SSSR count). The lowest BCUT2D eigenvalue weighted by atomic mass is 10.3. The van der Waals surface area contributed by atoms with Gasteiger partial charge in [-0.15, -0.1) is 10.2 Å². The zero-order valence-corrected chi connectivity index (χ0v) is 14.8. The highest BCUT2D eigenvalue weighted by molar-refractivity contribution is 8.00. The lowest BCUT2D eigenvalue weighted by Gasteiger charge is -2.11. The molecule has 0 aliphatic heterocycles. The molecule has 8 nitrogen and oxygen atoms in total. The largest absolute Gasteiger partial charge is 0.325 e. The summed E-state index contributed by atoms with van der Waals surface area (Å²) in [5.41, 5.74) is 1.05. The predicted molar refractivity (Wildman–Crippen MR) is 94.8 cm³/mol. The minimum absolute atomic E-state index is 0.0611. The number of anilines is 1. The van der Waals surface area contributed by atoms with Gasteiger partial charge in [0.05, 0.1) is 10.1 Å². The highest BCUT2D eigenvalue weighted by atomic mass is 32.2. The van der Waals surface area contributed by atoms with Crippen molar-refractivity contribution in [1.29, 1.82) is 0 Å². The monoisotopic (exact) mass is 377 g/mol. The van der Waals surface area contributed by atoms with E-state index in [9.17, 15) is 13.2 Å². The number of amides is 1. The Hall–Kier alpha value is -2.43. The fourth-order valence-corrected chi connectivity index (χ4v) is 3.50. The van der Waals surface area contributed by atoms with Crippen LogP contribution in [0, 0.1) is 0 Å². The molecule has 1 atom stereocenters. The number of sulfonamides is 1. The van der Waals surface area contributed by atoms with Crippen molar-refractivity contribution in [2.45, 2.75) is 22.2 Å². The number of aromatic nitrogens is 3. The molecule has 0 saturated heterocycles. The summed E-state index contributed by atoms with van der Waals surface area (Å²) in [7, 11) is -3.82. The molecule has 0 saturated carbocycles. The van der Waals surface area contributed by atoms with Crippen molar-refractivity contribution in [3.63, 3.8) is 0 Å². The fraction of sp³-hybridized carbons (Fsp3) is 0.133. The second-order valence-electron chi connectivity index (χ2n) is 5.23. The number of nitrogens with zero attached hydrogens (tertiary/aromatic N) is 3. The summed E-state index contributed by atoms with van der Waals surface area (Å²) in [6, 6.07) is 11.3. The number of benzene rings is 1. The van der Waals surface area contributed by atoms with Gasteiger partial charge < -0.3 is 5.32 Å². The van der Waals surface area contributed by atoms with Crippen molar-refractivity contribution in [2.24, 2.45) is 5.14 Å². The maximum atomic E-state index is 12.4. The third-order valence-electron chi connectivity index (χ3n) is 3.36. The van der Waals surface area contributed by atoms with E-state index in [1.807, 2.05) is 24.4 Å². The first-order valence-electron chi connectivity index (χ1n) is 7.25. The van der Waals surface area contributed by atoms with Crippen LogP contribution in [-0.2, 0) is 14.8 Å². The van der Waals surface area contributed by atoms with E-state index in [4.69, 9.17) is 5.14 Å². The Bertz CT molecular complexity index is 1030. The minimum atomic E-state index is -3.82. The number of hydrogen-bond donors (Lipinski definition) is 2. The van der Waals surface area contributed by atoms with E-state index in [0.29, 0.717) is 16.5 Å². The molecule has 25 heavy (non-hydrogen) atoms. The number of nitrogens with two attached hydrogens (primary N) is 1. The molecule has 3 N–H and O–H groups in total. The number of carbonyl (C=O) groups is 1. The van der Waals surface area contributed by atoms with Gasteiger partial charge in [0.15, 0.2) is 10.8 Å². The molecule has 10 heteroatoms. The number of pyridine rings is 1. The molecule has 2 aromatic heterocycles. The number of nitrogens with one attached hydrogen (secondary N) is 1. The first-order chi connectivity index (χ1) is 11.8. The molecule has 1 aromatic carbocycles. The Morgan fingerprint density at radius 1 is 1.24 bits per heavy atom. The zero-order valence-electron chi connectivity index (χ0n) is 13.2. The van der Waals surface area contributed by atoms with Crippen molar-refractivity contribution in [3.05, 3.63) is 48.7 Å². The second-order valence-corrected chi connectivity index (χ2v) is 8.10. The summed E-state index contributed by atoms with van der Waals surface area (Å²) >= 11 is 1.25. The standard InChI is InChI=1S/C15H15N5O3S2/c1-10(24-15-19-18-13-7-2-3-8-20(13)15)14(21)17-11-5-4-6-12(9-11)25(16,22)23/h2-10H,1H3,(H,17,21)(H2,16,22,23). The summed E-state index contributed by atoms with van der Waals surface area (Å²) in [6.07, 6.45) is 1.82. The molecular weight excluding hydrogens is 362 g/mol. The Labute approximate surface area is 148 Å². The van der Waals surface area contributed by atoms with Crippen molar-refractivity contribution >= 4 is 39.0 Å². The molecular formula is C15H15N5O3S2. The third kappa shape index (κ3) is 3.98. The van der Waals surface area contributed by atoms with E-state index < -0.39 is 15.3 Å². The van der Waals surface area contributed by atoms with E-state index in [0.717, 1.165) is 0 Å². The van der Waals surface area contributed by atoms with Gasteiger partial charge in [0.2, 0.25) is 15.9 Å². The molecule has 3 aromatic rings. The van der Waals surface area contributed by atoms with Crippen LogP contribution < -0.4 is 10.5 Å². The van der Waals surface area contributed by atoms with Gasteiger partial charge in [0, 0.05) is 11.9 Å². The van der Waals surface area contributed by atoms with Gasteiger partial charge >= 0.3 is 0 Å². The van der Waals surface area contributed by atoms with Crippen LogP contribution >= 0.6 is 11.8 Å². The summed E-state index contributed by atoms with van der Waals surface area (Å²) in [4.78, 5) is 12.3. The van der Waals surface area contributed by atoms with Gasteiger partial charge in [0.25, 0.3) is 0 Å². The average molecular weight is 377 g/mol. The third-order valence-corrected chi connectivity index (χ3v) is 5.33. The number of rotatable bonds is 5. The van der Waals surface area contributed by atoms with E-state index in [1.54, 1.807) is 17.4 Å². The van der Waals surface area contributed by atoms with Crippen LogP contribution in [0.4, 0.5) is 5.69 Å². The van der Waals surface area contributed by atoms with Gasteiger partial charge in [-0.25, -0.2) is 13.6 Å². The smallest absolute Gasteiger partial charge is 0.238 e. The van der Waals surface area contributed by atoms with Gasteiger partial charge in [-0.2, -0.15) is 0 Å². The van der Waals surface area contributed by atoms with Crippen LogP contribution in [0.1, 0.15) is 6.92 Å². The van der Waals surface area contributed by atoms with Crippen LogP contribution in [-0.4, -0.2) is 34.2 Å². The Morgan fingerprint density at radius 3 is 2.80 bits per heavy atom. The maximum absolute atomic E-state index is 12.4. The first kappa shape index (κ1) is 17.4. The molecule has 0 aliphatic rings. The highest BCUT2D eigenvalue weighted by Gasteiger charge is 2.18. The summed E-state index contributed by atoms with van der Waals surface area (Å²) in [6.45, 7) is 1.73. The molecule has 1 amide bonds. The second kappa shape index (κ2) is 6.82. The quantitative estimate of drug-likeness (QED) is 0.650.